The van der Waals surface area contributed by atoms with Crippen LogP contribution in [0.2, 0.25) is 5.02 Å². The van der Waals surface area contributed by atoms with Gasteiger partial charge in [-0.15, -0.1) is 0 Å². The van der Waals surface area contributed by atoms with E-state index in [1.54, 1.807) is 0 Å². The highest BCUT2D eigenvalue weighted by Crippen LogP contribution is 2.36. The van der Waals surface area contributed by atoms with Gasteiger partial charge in [0.25, 0.3) is 0 Å². The molecule has 9 heteroatoms. The molecule has 0 spiro atoms. The Balaban J connectivity index is 2.81. The van der Waals surface area contributed by atoms with Crippen molar-refractivity contribution < 1.29 is 27.8 Å². The summed E-state index contributed by atoms with van der Waals surface area (Å²) in [5.41, 5.74) is 2.69. The van der Waals surface area contributed by atoms with Gasteiger partial charge in [-0.25, -0.2) is 22.9 Å². The van der Waals surface area contributed by atoms with Gasteiger partial charge in [0.1, 0.15) is 5.69 Å². The van der Waals surface area contributed by atoms with E-state index >= 15 is 0 Å². The smallest absolute Gasteiger partial charge is 0.356 e. The topological polar surface area (TPSA) is 85.4 Å². The van der Waals surface area contributed by atoms with Crippen LogP contribution in [0.1, 0.15) is 10.5 Å². The van der Waals surface area contributed by atoms with Crippen molar-refractivity contribution in [3.8, 4) is 17.0 Å². The summed E-state index contributed by atoms with van der Waals surface area (Å²) in [6, 6.07) is 1.71. The number of pyridine rings is 1. The molecule has 0 fully saturated rings. The molecule has 0 aliphatic rings. The first kappa shape index (κ1) is 15.9. The predicted octanol–water partition coefficient (Wildman–Crippen LogP) is 3.11. The fraction of sp³-hybridized carbons (Fsp3) is 0.0769. The maximum absolute atomic E-state index is 14.2. The molecule has 3 N–H and O–H groups in total. The summed E-state index contributed by atoms with van der Waals surface area (Å²) >= 11 is 5.59. The van der Waals surface area contributed by atoms with Gasteiger partial charge in [-0.1, -0.05) is 11.6 Å². The molecule has 1 aromatic heterocycles. The number of hydrogen-bond acceptors (Lipinski definition) is 4. The van der Waals surface area contributed by atoms with Gasteiger partial charge in [-0.2, -0.15) is 0 Å². The summed E-state index contributed by atoms with van der Waals surface area (Å²) in [7, 11) is 1.02. The molecule has 0 saturated carbocycles. The van der Waals surface area contributed by atoms with Crippen molar-refractivity contribution in [2.24, 2.45) is 0 Å². The Morgan fingerprint density at radius 1 is 1.32 bits per heavy atom. The molecule has 22 heavy (non-hydrogen) atoms. The van der Waals surface area contributed by atoms with E-state index in [4.69, 9.17) is 22.4 Å². The fourth-order valence-corrected chi connectivity index (χ4v) is 1.99. The van der Waals surface area contributed by atoms with Gasteiger partial charge in [0.05, 0.1) is 17.8 Å². The number of aromatic nitrogens is 1. The number of halogens is 4. The zero-order valence-electron chi connectivity index (χ0n) is 11.0. The monoisotopic (exact) mass is 332 g/mol. The SMILES string of the molecule is COc1c(F)ccc(-c2nc(C(=O)O)c(Cl)c(N)c2F)c1F. The highest BCUT2D eigenvalue weighted by molar-refractivity contribution is 6.35. The third kappa shape index (κ3) is 2.41. The second-order valence-corrected chi connectivity index (χ2v) is 4.48. The number of carboxylic acids is 1. The van der Waals surface area contributed by atoms with Crippen LogP contribution in [0.4, 0.5) is 18.9 Å². The molecule has 2 rings (SSSR count). The summed E-state index contributed by atoms with van der Waals surface area (Å²) in [6.45, 7) is 0. The Morgan fingerprint density at radius 3 is 2.50 bits per heavy atom. The number of anilines is 1. The Hall–Kier alpha value is -2.48. The summed E-state index contributed by atoms with van der Waals surface area (Å²) in [4.78, 5) is 14.5. The van der Waals surface area contributed by atoms with Gasteiger partial charge in [0.2, 0.25) is 0 Å². The van der Waals surface area contributed by atoms with E-state index in [0.29, 0.717) is 0 Å². The summed E-state index contributed by atoms with van der Waals surface area (Å²) in [5, 5.41) is 8.36. The molecule has 2 aromatic rings. The molecule has 1 aromatic carbocycles. The summed E-state index contributed by atoms with van der Waals surface area (Å²) in [6.07, 6.45) is 0. The van der Waals surface area contributed by atoms with Gasteiger partial charge < -0.3 is 15.6 Å². The maximum atomic E-state index is 14.2. The number of nitrogens with zero attached hydrogens (tertiary/aromatic N) is 1. The number of nitrogen functional groups attached to an aromatic ring is 1. The molecule has 5 nitrogen and oxygen atoms in total. The highest BCUT2D eigenvalue weighted by Gasteiger charge is 2.25. The molecule has 0 bridgehead atoms. The van der Waals surface area contributed by atoms with Crippen molar-refractivity contribution in [1.82, 2.24) is 4.98 Å². The Kier molecular flexibility index (Phi) is 4.14. The minimum Gasteiger partial charge on any atom is -0.491 e. The zero-order valence-corrected chi connectivity index (χ0v) is 11.7. The van der Waals surface area contributed by atoms with E-state index in [1.165, 1.54) is 0 Å². The fourth-order valence-electron chi connectivity index (χ4n) is 1.78. The van der Waals surface area contributed by atoms with Crippen molar-refractivity contribution in [3.63, 3.8) is 0 Å². The van der Waals surface area contributed by atoms with Gasteiger partial charge >= 0.3 is 5.97 Å². The van der Waals surface area contributed by atoms with Crippen LogP contribution in [-0.2, 0) is 0 Å². The minimum absolute atomic E-state index is 0.512. The quantitative estimate of drug-likeness (QED) is 0.902. The standard InChI is InChI=1S/C13H8ClF3N2O3/c1-22-12-5(15)3-2-4(7(12)16)10-8(17)9(18)6(14)11(19-10)13(20)21/h2-3H,1H3,(H2,18,19)(H,20,21). The Labute approximate surface area is 127 Å². The number of nitrogens with two attached hydrogens (primary N) is 1. The molecule has 0 saturated heterocycles. The first-order valence-corrected chi connectivity index (χ1v) is 6.07. The predicted molar refractivity (Wildman–Crippen MR) is 72.5 cm³/mol. The molecule has 0 amide bonds. The van der Waals surface area contributed by atoms with Gasteiger partial charge in [0.15, 0.2) is 28.9 Å². The van der Waals surface area contributed by atoms with Crippen LogP contribution >= 0.6 is 11.6 Å². The molecule has 116 valence electrons. The molecule has 0 aliphatic heterocycles. The normalized spacial score (nSPS) is 10.6. The second-order valence-electron chi connectivity index (χ2n) is 4.10. The second kappa shape index (κ2) is 5.72. The number of ether oxygens (including phenoxy) is 1. The van der Waals surface area contributed by atoms with Crippen molar-refractivity contribution in [2.45, 2.75) is 0 Å². The number of hydrogen-bond donors (Lipinski definition) is 2. The number of carboxylic acid groups (broad SMARTS) is 1. The van der Waals surface area contributed by atoms with Crippen LogP contribution in [0.3, 0.4) is 0 Å². The first-order valence-electron chi connectivity index (χ1n) is 5.69. The van der Waals surface area contributed by atoms with Crippen LogP contribution < -0.4 is 10.5 Å². The lowest BCUT2D eigenvalue weighted by Gasteiger charge is -2.12. The summed E-state index contributed by atoms with van der Waals surface area (Å²) in [5.74, 6) is -5.81. The number of benzene rings is 1. The van der Waals surface area contributed by atoms with Gasteiger partial charge in [-0.3, -0.25) is 0 Å². The van der Waals surface area contributed by atoms with E-state index in [2.05, 4.69) is 9.72 Å². The zero-order chi connectivity index (χ0) is 16.6. The molecule has 0 aliphatic carbocycles. The third-order valence-electron chi connectivity index (χ3n) is 2.82. The maximum Gasteiger partial charge on any atom is 0.356 e. The Morgan fingerprint density at radius 2 is 1.95 bits per heavy atom. The average Bonchev–Trinajstić information content (AvgIpc) is 2.46. The lowest BCUT2D eigenvalue weighted by atomic mass is 10.1. The van der Waals surface area contributed by atoms with Crippen molar-refractivity contribution in [3.05, 3.63) is 40.3 Å². The molecular weight excluding hydrogens is 325 g/mol. The summed E-state index contributed by atoms with van der Waals surface area (Å²) < 4.78 is 46.2. The van der Waals surface area contributed by atoms with Crippen LogP contribution in [0.25, 0.3) is 11.3 Å². The number of carbonyl (C=O) groups is 1. The molecule has 0 unspecified atom stereocenters. The Bertz CT molecular complexity index is 784. The average molecular weight is 333 g/mol. The molecule has 1 heterocycles. The number of rotatable bonds is 3. The van der Waals surface area contributed by atoms with Gasteiger partial charge in [0, 0.05) is 5.56 Å². The van der Waals surface area contributed by atoms with E-state index in [-0.39, 0.29) is 0 Å². The molecule has 0 atom stereocenters. The first-order chi connectivity index (χ1) is 10.3. The van der Waals surface area contributed by atoms with Crippen LogP contribution in [-0.4, -0.2) is 23.2 Å². The minimum atomic E-state index is -1.58. The van der Waals surface area contributed by atoms with Crippen LogP contribution in [0, 0.1) is 17.5 Å². The van der Waals surface area contributed by atoms with E-state index in [9.17, 15) is 18.0 Å². The highest BCUT2D eigenvalue weighted by atomic mass is 35.5. The number of aromatic carboxylic acids is 1. The van der Waals surface area contributed by atoms with Crippen molar-refractivity contribution in [1.29, 1.82) is 0 Å². The third-order valence-corrected chi connectivity index (χ3v) is 3.21. The van der Waals surface area contributed by atoms with Crippen molar-refractivity contribution in [2.75, 3.05) is 12.8 Å². The van der Waals surface area contributed by atoms with E-state index in [1.807, 2.05) is 0 Å². The number of methoxy groups -OCH3 is 1. The lowest BCUT2D eigenvalue weighted by Crippen LogP contribution is -2.09. The van der Waals surface area contributed by atoms with Gasteiger partial charge in [-0.05, 0) is 12.1 Å². The molecular formula is C13H8ClF3N2O3. The van der Waals surface area contributed by atoms with Crippen LogP contribution in [0.5, 0.6) is 5.75 Å². The van der Waals surface area contributed by atoms with E-state index in [0.717, 1.165) is 19.2 Å². The van der Waals surface area contributed by atoms with E-state index < -0.39 is 56.8 Å². The van der Waals surface area contributed by atoms with Crippen molar-refractivity contribution >= 4 is 23.3 Å². The molecule has 0 radical (unpaired) electrons. The largest absolute Gasteiger partial charge is 0.491 e. The van der Waals surface area contributed by atoms with Crippen LogP contribution in [0.15, 0.2) is 12.1 Å². The lowest BCUT2D eigenvalue weighted by molar-refractivity contribution is 0.0691.